The van der Waals surface area contributed by atoms with Gasteiger partial charge in [-0.05, 0) is 44.4 Å². The molecule has 0 aliphatic heterocycles. The molecule has 0 heterocycles. The summed E-state index contributed by atoms with van der Waals surface area (Å²) < 4.78 is 0. The lowest BCUT2D eigenvalue weighted by Gasteiger charge is -2.19. The number of carbonyl (C=O) groups is 2. The van der Waals surface area contributed by atoms with Crippen molar-refractivity contribution in [3.63, 3.8) is 0 Å². The number of rotatable bonds is 4. The van der Waals surface area contributed by atoms with Crippen LogP contribution in [0.4, 0.5) is 0 Å². The molecular weight excluding hydrogens is 218 g/mol. The Morgan fingerprint density at radius 1 is 1.24 bits per heavy atom. The molecule has 0 radical (unpaired) electrons. The Hall–Kier alpha value is -1.06. The Bertz CT molecular complexity index is 325. The van der Waals surface area contributed by atoms with E-state index in [2.05, 4.69) is 5.32 Å². The highest BCUT2D eigenvalue weighted by Crippen LogP contribution is 2.37. The molecule has 4 heteroatoms. The van der Waals surface area contributed by atoms with E-state index in [1.54, 1.807) is 0 Å². The molecule has 2 aliphatic carbocycles. The van der Waals surface area contributed by atoms with E-state index >= 15 is 0 Å². The van der Waals surface area contributed by atoms with E-state index in [9.17, 15) is 9.59 Å². The van der Waals surface area contributed by atoms with Crippen LogP contribution in [-0.4, -0.2) is 23.0 Å². The molecule has 2 aliphatic rings. The normalized spacial score (nSPS) is 34.4. The predicted molar refractivity (Wildman–Crippen MR) is 63.3 cm³/mol. The fourth-order valence-corrected chi connectivity index (χ4v) is 2.90. The minimum absolute atomic E-state index is 0.0545. The number of nitrogens with one attached hydrogen (secondary N) is 1. The third-order valence-electron chi connectivity index (χ3n) is 4.15. The topological polar surface area (TPSA) is 66.4 Å². The van der Waals surface area contributed by atoms with Crippen molar-refractivity contribution >= 4 is 11.9 Å². The minimum atomic E-state index is -0.825. The number of carbonyl (C=O) groups excluding carboxylic acids is 1. The standard InChI is InChI=1S/C13H21NO3/c1-7-5-10(11(6-7)13(16)17)12(15)14-8(2)9-3-4-9/h7-11H,3-6H2,1-2H3,(H,14,15)(H,16,17). The largest absolute Gasteiger partial charge is 0.481 e. The van der Waals surface area contributed by atoms with Crippen LogP contribution >= 0.6 is 0 Å². The SMILES string of the molecule is CC1CC(C(=O)O)C(C(=O)NC(C)C2CC2)C1. The summed E-state index contributed by atoms with van der Waals surface area (Å²) in [5, 5.41) is 12.1. The summed E-state index contributed by atoms with van der Waals surface area (Å²) in [6.07, 6.45) is 3.71. The van der Waals surface area contributed by atoms with Gasteiger partial charge in [-0.3, -0.25) is 9.59 Å². The molecule has 2 rings (SSSR count). The Morgan fingerprint density at radius 3 is 2.35 bits per heavy atom. The van der Waals surface area contributed by atoms with Gasteiger partial charge in [-0.15, -0.1) is 0 Å². The van der Waals surface area contributed by atoms with Gasteiger partial charge in [0.15, 0.2) is 0 Å². The number of aliphatic carboxylic acids is 1. The van der Waals surface area contributed by atoms with Gasteiger partial charge >= 0.3 is 5.97 Å². The van der Waals surface area contributed by atoms with Crippen molar-refractivity contribution in [3.05, 3.63) is 0 Å². The maximum absolute atomic E-state index is 12.1. The van der Waals surface area contributed by atoms with Gasteiger partial charge < -0.3 is 10.4 Å². The molecule has 0 spiro atoms. The van der Waals surface area contributed by atoms with Crippen molar-refractivity contribution in [2.75, 3.05) is 0 Å². The summed E-state index contributed by atoms with van der Waals surface area (Å²) >= 11 is 0. The highest BCUT2D eigenvalue weighted by molar-refractivity contribution is 5.85. The second-order valence-corrected chi connectivity index (χ2v) is 5.76. The third kappa shape index (κ3) is 2.79. The molecule has 0 aromatic heterocycles. The molecule has 4 unspecified atom stereocenters. The highest BCUT2D eigenvalue weighted by Gasteiger charge is 2.42. The monoisotopic (exact) mass is 239 g/mol. The molecule has 2 saturated carbocycles. The molecule has 0 aromatic rings. The van der Waals surface area contributed by atoms with Gasteiger partial charge in [-0.1, -0.05) is 6.92 Å². The van der Waals surface area contributed by atoms with Crippen LogP contribution in [-0.2, 0) is 9.59 Å². The van der Waals surface area contributed by atoms with Crippen LogP contribution in [0, 0.1) is 23.7 Å². The first-order chi connectivity index (χ1) is 7.99. The Balaban J connectivity index is 1.94. The van der Waals surface area contributed by atoms with Crippen LogP contribution < -0.4 is 5.32 Å². The van der Waals surface area contributed by atoms with Gasteiger partial charge in [0.25, 0.3) is 0 Å². The zero-order valence-corrected chi connectivity index (χ0v) is 10.5. The zero-order chi connectivity index (χ0) is 12.6. The van der Waals surface area contributed by atoms with E-state index < -0.39 is 11.9 Å². The Labute approximate surface area is 102 Å². The zero-order valence-electron chi connectivity index (χ0n) is 10.5. The van der Waals surface area contributed by atoms with E-state index in [0.717, 1.165) is 0 Å². The van der Waals surface area contributed by atoms with E-state index in [-0.39, 0.29) is 17.9 Å². The second-order valence-electron chi connectivity index (χ2n) is 5.76. The maximum Gasteiger partial charge on any atom is 0.307 e. The highest BCUT2D eigenvalue weighted by atomic mass is 16.4. The van der Waals surface area contributed by atoms with E-state index in [1.165, 1.54) is 12.8 Å². The van der Waals surface area contributed by atoms with Crippen LogP contribution in [0.15, 0.2) is 0 Å². The first kappa shape index (κ1) is 12.4. The third-order valence-corrected chi connectivity index (χ3v) is 4.15. The average molecular weight is 239 g/mol. The summed E-state index contributed by atoms with van der Waals surface area (Å²) in [6, 6.07) is 0.202. The molecule has 4 nitrogen and oxygen atoms in total. The average Bonchev–Trinajstić information content (AvgIpc) is 3.01. The molecule has 0 aromatic carbocycles. The van der Waals surface area contributed by atoms with Crippen LogP contribution in [0.25, 0.3) is 0 Å². The fourth-order valence-electron chi connectivity index (χ4n) is 2.90. The first-order valence-electron chi connectivity index (χ1n) is 6.52. The maximum atomic E-state index is 12.1. The minimum Gasteiger partial charge on any atom is -0.481 e. The number of carboxylic acids is 1. The molecule has 0 bridgehead atoms. The summed E-state index contributed by atoms with van der Waals surface area (Å²) in [5.74, 6) is -0.751. The van der Waals surface area contributed by atoms with Gasteiger partial charge in [-0.25, -0.2) is 0 Å². The van der Waals surface area contributed by atoms with Crippen molar-refractivity contribution in [2.24, 2.45) is 23.7 Å². The van der Waals surface area contributed by atoms with Gasteiger partial charge in [0.2, 0.25) is 5.91 Å². The fraction of sp³-hybridized carbons (Fsp3) is 0.846. The molecule has 17 heavy (non-hydrogen) atoms. The molecule has 4 atom stereocenters. The van der Waals surface area contributed by atoms with Crippen molar-refractivity contribution in [1.82, 2.24) is 5.32 Å². The van der Waals surface area contributed by atoms with Crippen LogP contribution in [0.1, 0.15) is 39.5 Å². The quantitative estimate of drug-likeness (QED) is 0.784. The number of amides is 1. The van der Waals surface area contributed by atoms with Crippen molar-refractivity contribution < 1.29 is 14.7 Å². The summed E-state index contributed by atoms with van der Waals surface area (Å²) in [7, 11) is 0. The van der Waals surface area contributed by atoms with Crippen molar-refractivity contribution in [2.45, 2.75) is 45.6 Å². The summed E-state index contributed by atoms with van der Waals surface area (Å²) in [5.41, 5.74) is 0. The lowest BCUT2D eigenvalue weighted by molar-refractivity contribution is -0.146. The van der Waals surface area contributed by atoms with Crippen LogP contribution in [0.2, 0.25) is 0 Å². The second kappa shape index (κ2) is 4.67. The van der Waals surface area contributed by atoms with Crippen molar-refractivity contribution in [3.8, 4) is 0 Å². The first-order valence-corrected chi connectivity index (χ1v) is 6.52. The van der Waals surface area contributed by atoms with Crippen molar-refractivity contribution in [1.29, 1.82) is 0 Å². The van der Waals surface area contributed by atoms with E-state index in [4.69, 9.17) is 5.11 Å². The molecule has 1 amide bonds. The summed E-state index contributed by atoms with van der Waals surface area (Å²) in [4.78, 5) is 23.2. The van der Waals surface area contributed by atoms with Gasteiger partial charge in [0, 0.05) is 6.04 Å². The molecular formula is C13H21NO3. The number of hydrogen-bond acceptors (Lipinski definition) is 2. The summed E-state index contributed by atoms with van der Waals surface area (Å²) in [6.45, 7) is 4.04. The van der Waals surface area contributed by atoms with Gasteiger partial charge in [0.1, 0.15) is 0 Å². The molecule has 0 saturated heterocycles. The molecule has 96 valence electrons. The van der Waals surface area contributed by atoms with Gasteiger partial charge in [0.05, 0.1) is 11.8 Å². The lowest BCUT2D eigenvalue weighted by Crippen LogP contribution is -2.40. The Kier molecular flexibility index (Phi) is 3.40. The number of carboxylic acid groups (broad SMARTS) is 1. The van der Waals surface area contributed by atoms with Crippen LogP contribution in [0.5, 0.6) is 0 Å². The van der Waals surface area contributed by atoms with Gasteiger partial charge in [-0.2, -0.15) is 0 Å². The predicted octanol–water partition coefficient (Wildman–Crippen LogP) is 1.65. The smallest absolute Gasteiger partial charge is 0.307 e. The molecule has 2 fully saturated rings. The number of hydrogen-bond donors (Lipinski definition) is 2. The van der Waals surface area contributed by atoms with E-state index in [0.29, 0.717) is 24.7 Å². The lowest BCUT2D eigenvalue weighted by atomic mass is 9.95. The Morgan fingerprint density at radius 2 is 1.82 bits per heavy atom. The van der Waals surface area contributed by atoms with E-state index in [1.807, 2.05) is 13.8 Å². The van der Waals surface area contributed by atoms with Crippen LogP contribution in [0.3, 0.4) is 0 Å². The molecule has 2 N–H and O–H groups in total.